The van der Waals surface area contributed by atoms with E-state index in [0.29, 0.717) is 5.02 Å². The number of rotatable bonds is 0. The monoisotopic (exact) mass is 347 g/mol. The van der Waals surface area contributed by atoms with Crippen LogP contribution in [0.1, 0.15) is 0 Å². The van der Waals surface area contributed by atoms with Crippen LogP contribution < -0.4 is 0 Å². The average molecular weight is 346 g/mol. The van der Waals surface area contributed by atoms with E-state index < -0.39 is 0 Å². The molecule has 0 saturated carbocycles. The molecule has 0 aliphatic heterocycles. The Morgan fingerprint density at radius 2 is 1.70 bits per heavy atom. The Morgan fingerprint density at radius 3 is 2.00 bits per heavy atom. The molecule has 1 aromatic rings. The number of hydrogen-bond donors (Lipinski definition) is 2. The molecule has 0 unspecified atom stereocenters. The zero-order valence-corrected chi connectivity index (χ0v) is 11.5. The summed E-state index contributed by atoms with van der Waals surface area (Å²) in [4.78, 5) is 0. The van der Waals surface area contributed by atoms with Gasteiger partial charge in [0.05, 0.1) is 5.02 Å². The van der Waals surface area contributed by atoms with Crippen molar-refractivity contribution in [3.8, 4) is 5.75 Å². The molecule has 0 aliphatic carbocycles. The van der Waals surface area contributed by atoms with Crippen LogP contribution in [-0.2, 0) is 26.6 Å². The zero-order valence-electron chi connectivity index (χ0n) is 5.29. The zero-order chi connectivity index (χ0) is 7.98. The molecule has 0 amide bonds. The predicted molar refractivity (Wildman–Crippen MR) is 35.3 cm³/mol. The van der Waals surface area contributed by atoms with Gasteiger partial charge in [-0.05, 0) is 12.1 Å². The summed E-state index contributed by atoms with van der Waals surface area (Å²) in [7, 11) is 0. The van der Waals surface area contributed by atoms with Crippen LogP contribution in [0.15, 0.2) is 24.3 Å². The summed E-state index contributed by atoms with van der Waals surface area (Å²) in [5.74, 6) is 0.133. The summed E-state index contributed by atoms with van der Waals surface area (Å²) < 4.78 is 7.19. The van der Waals surface area contributed by atoms with Gasteiger partial charge in [0.1, 0.15) is 5.75 Å². The summed E-state index contributed by atoms with van der Waals surface area (Å²) in [6.07, 6.45) is 0. The fourth-order valence-corrected chi connectivity index (χ4v) is 0.587. The van der Waals surface area contributed by atoms with Gasteiger partial charge in [0, 0.05) is 0 Å². The maximum atomic E-state index is 8.79. The maximum absolute atomic E-state index is 8.79. The Hall–Kier alpha value is 0.205. The third-order valence-electron chi connectivity index (χ3n) is 0.852. The molecule has 0 aliphatic rings. The van der Waals surface area contributed by atoms with Crippen LogP contribution in [0.3, 0.4) is 0 Å². The normalized spacial score (nSPS) is 8.00. The summed E-state index contributed by atoms with van der Waals surface area (Å²) in [6.45, 7) is 0. The van der Waals surface area contributed by atoms with Crippen molar-refractivity contribution in [2.45, 2.75) is 0 Å². The van der Waals surface area contributed by atoms with Gasteiger partial charge in [-0.1, -0.05) is 23.7 Å². The molecule has 0 radical (unpaired) electrons. The molecule has 1 rings (SSSR count). The molecule has 0 bridgehead atoms. The van der Waals surface area contributed by atoms with Gasteiger partial charge in [-0.3, -0.25) is 0 Å². The molecule has 1 aromatic carbocycles. The molecule has 10 heavy (non-hydrogen) atoms. The molecule has 2 nitrogen and oxygen atoms in total. The molecular weight excluding hydrogens is 340 g/mol. The van der Waals surface area contributed by atoms with E-state index in [4.69, 9.17) is 19.7 Å². The number of benzene rings is 1. The summed E-state index contributed by atoms with van der Waals surface area (Å²) in [5, 5.41) is 9.18. The van der Waals surface area contributed by atoms with Crippen LogP contribution >= 0.6 is 11.6 Å². The van der Waals surface area contributed by atoms with E-state index in [1.54, 1.807) is 24.3 Å². The molecule has 2 N–H and O–H groups in total. The van der Waals surface area contributed by atoms with Crippen molar-refractivity contribution in [2.75, 3.05) is 0 Å². The summed E-state index contributed by atoms with van der Waals surface area (Å²) >= 11 is 5.49. The molecule has 4 heteroatoms. The summed E-state index contributed by atoms with van der Waals surface area (Å²) in [6, 6.07) is 6.67. The Labute approximate surface area is 81.1 Å². The van der Waals surface area contributed by atoms with E-state index in [2.05, 4.69) is 0 Å². The van der Waals surface area contributed by atoms with Crippen molar-refractivity contribution in [2.24, 2.45) is 0 Å². The standard InChI is InChI=1S/C6H5ClO.Hg.H2O/c7-5-3-1-2-4-6(5)8;;/h1-4,8H;;1H2/q;+1;/p-1. The minimum absolute atomic E-state index is 0.0278. The number of phenolic OH excluding ortho intramolecular Hbond substituents is 1. The van der Waals surface area contributed by atoms with Gasteiger partial charge in [-0.15, -0.1) is 0 Å². The van der Waals surface area contributed by atoms with E-state index in [1.165, 1.54) is 0 Å². The molecule has 0 aromatic heterocycles. The fourth-order valence-electron chi connectivity index (χ4n) is 0.452. The topological polar surface area (TPSA) is 40.5 Å². The van der Waals surface area contributed by atoms with Crippen molar-refractivity contribution >= 4 is 11.6 Å². The average Bonchev–Trinajstić information content (AvgIpc) is 2.00. The molecule has 51 valence electrons. The van der Waals surface area contributed by atoms with Gasteiger partial charge in [-0.25, -0.2) is 0 Å². The summed E-state index contributed by atoms with van der Waals surface area (Å²) in [5.41, 5.74) is 0. The number of para-hydroxylation sites is 1. The second-order valence-corrected chi connectivity index (χ2v) is 1.86. The second-order valence-electron chi connectivity index (χ2n) is 1.45. The third-order valence-corrected chi connectivity index (χ3v) is 1.17. The Morgan fingerprint density at radius 1 is 1.20 bits per heavy atom. The van der Waals surface area contributed by atoms with Crippen LogP contribution in [0, 0.1) is 0 Å². The quantitative estimate of drug-likeness (QED) is 0.699. The first-order valence-corrected chi connectivity index (χ1v) is 5.39. The fraction of sp³-hybridized carbons (Fsp3) is 0. The van der Waals surface area contributed by atoms with Gasteiger partial charge in [0.15, 0.2) is 0 Å². The van der Waals surface area contributed by atoms with Gasteiger partial charge in [0.2, 0.25) is 0 Å². The molecule has 0 spiro atoms. The van der Waals surface area contributed by atoms with Gasteiger partial charge >= 0.3 is 29.6 Å². The van der Waals surface area contributed by atoms with Gasteiger partial charge < -0.3 is 5.11 Å². The Kier molecular flexibility index (Phi) is 6.07. The first-order chi connectivity index (χ1) is 4.80. The number of phenols is 1. The van der Waals surface area contributed by atoms with Crippen molar-refractivity contribution in [1.29, 1.82) is 0 Å². The second kappa shape index (κ2) is 5.95. The molecule has 0 atom stereocenters. The minimum atomic E-state index is 0.0278. The van der Waals surface area contributed by atoms with E-state index in [-0.39, 0.29) is 32.3 Å². The predicted octanol–water partition coefficient (Wildman–Crippen LogP) is 1.49. The first kappa shape index (κ1) is 10.2. The van der Waals surface area contributed by atoms with Crippen molar-refractivity contribution in [3.05, 3.63) is 29.3 Å². The number of halogens is 1. The van der Waals surface area contributed by atoms with Crippen molar-refractivity contribution < 1.29 is 34.7 Å². The van der Waals surface area contributed by atoms with E-state index in [1.807, 2.05) is 0 Å². The first-order valence-electron chi connectivity index (χ1n) is 2.56. The van der Waals surface area contributed by atoms with Crippen molar-refractivity contribution in [1.82, 2.24) is 0 Å². The van der Waals surface area contributed by atoms with Crippen LogP contribution in [0.2, 0.25) is 5.02 Å². The van der Waals surface area contributed by atoms with Crippen LogP contribution in [0.5, 0.6) is 5.75 Å². The van der Waals surface area contributed by atoms with Crippen molar-refractivity contribution in [3.63, 3.8) is 0 Å². The van der Waals surface area contributed by atoms with Crippen LogP contribution in [0.25, 0.3) is 0 Å². The third kappa shape index (κ3) is 3.39. The molecule has 0 saturated heterocycles. The number of aromatic hydroxyl groups is 1. The van der Waals surface area contributed by atoms with Crippen LogP contribution in [0.4, 0.5) is 0 Å². The Bertz CT molecular complexity index is 172. The molecule has 0 fully saturated rings. The SMILES string of the molecule is Oc1ccccc1Cl.[OH][Hg]. The molecular formula is C6H6ClHgO2. The number of hydrogen-bond acceptors (Lipinski definition) is 2. The van der Waals surface area contributed by atoms with Gasteiger partial charge in [0.25, 0.3) is 0 Å². The Balaban J connectivity index is 0.000000371. The molecule has 0 heterocycles. The van der Waals surface area contributed by atoms with E-state index in [0.717, 1.165) is 0 Å². The van der Waals surface area contributed by atoms with E-state index >= 15 is 0 Å². The van der Waals surface area contributed by atoms with Gasteiger partial charge in [-0.2, -0.15) is 0 Å². The van der Waals surface area contributed by atoms with E-state index in [9.17, 15) is 0 Å². The van der Waals surface area contributed by atoms with Crippen LogP contribution in [-0.4, -0.2) is 8.12 Å².